The second-order valence-electron chi connectivity index (χ2n) is 3.34. The number of nitrogens with zero attached hydrogens (tertiary/aromatic N) is 1. The minimum Gasteiger partial charge on any atom is -0.395 e. The molecule has 1 unspecified atom stereocenters. The van der Waals surface area contributed by atoms with Gasteiger partial charge in [0.25, 0.3) is 0 Å². The van der Waals surface area contributed by atoms with Crippen molar-refractivity contribution in [1.29, 1.82) is 0 Å². The molecule has 0 rings (SSSR count). The highest BCUT2D eigenvalue weighted by Crippen LogP contribution is 1.93. The van der Waals surface area contributed by atoms with Gasteiger partial charge < -0.3 is 19.7 Å². The number of methoxy groups -OCH3 is 1. The summed E-state index contributed by atoms with van der Waals surface area (Å²) in [4.78, 5) is 1.98. The van der Waals surface area contributed by atoms with E-state index in [2.05, 4.69) is 0 Å². The third-order valence-electron chi connectivity index (χ3n) is 2.07. The third-order valence-corrected chi connectivity index (χ3v) is 2.07. The Balaban J connectivity index is 3.47. The Kier molecular flexibility index (Phi) is 10.2. The van der Waals surface area contributed by atoms with Gasteiger partial charge in [-0.1, -0.05) is 6.92 Å². The van der Waals surface area contributed by atoms with Gasteiger partial charge in [0.05, 0.1) is 32.5 Å². The fraction of sp³-hybridized carbons (Fsp3) is 1.00. The molecule has 0 aromatic heterocycles. The molecular formula is C10H23NO4. The molecule has 1 atom stereocenters. The number of aliphatic hydroxyl groups is 2. The SMILES string of the molecule is CCN(CCO)CC(O)COCCOC. The van der Waals surface area contributed by atoms with Crippen LogP contribution in [0.5, 0.6) is 0 Å². The Morgan fingerprint density at radius 2 is 2.07 bits per heavy atom. The van der Waals surface area contributed by atoms with Crippen molar-refractivity contribution in [3.05, 3.63) is 0 Å². The lowest BCUT2D eigenvalue weighted by atomic mass is 10.3. The second-order valence-corrected chi connectivity index (χ2v) is 3.34. The van der Waals surface area contributed by atoms with Gasteiger partial charge >= 0.3 is 0 Å². The maximum atomic E-state index is 9.59. The zero-order chi connectivity index (χ0) is 11.5. The van der Waals surface area contributed by atoms with Crippen LogP contribution in [-0.2, 0) is 9.47 Å². The molecular weight excluding hydrogens is 198 g/mol. The van der Waals surface area contributed by atoms with E-state index in [4.69, 9.17) is 14.6 Å². The zero-order valence-electron chi connectivity index (χ0n) is 9.69. The normalized spacial score (nSPS) is 13.4. The number of aliphatic hydroxyl groups excluding tert-OH is 2. The Hall–Kier alpha value is -0.200. The topological polar surface area (TPSA) is 62.2 Å². The molecule has 0 heterocycles. The Morgan fingerprint density at radius 3 is 2.60 bits per heavy atom. The van der Waals surface area contributed by atoms with Gasteiger partial charge in [-0.05, 0) is 6.54 Å². The molecule has 0 aliphatic carbocycles. The molecule has 0 radical (unpaired) electrons. The number of hydrogen-bond donors (Lipinski definition) is 2. The molecule has 0 fully saturated rings. The van der Waals surface area contributed by atoms with E-state index in [1.807, 2.05) is 11.8 Å². The van der Waals surface area contributed by atoms with Crippen LogP contribution in [0.1, 0.15) is 6.92 Å². The molecule has 0 saturated heterocycles. The lowest BCUT2D eigenvalue weighted by Gasteiger charge is -2.22. The molecule has 92 valence electrons. The lowest BCUT2D eigenvalue weighted by molar-refractivity contribution is -0.00148. The summed E-state index contributed by atoms with van der Waals surface area (Å²) in [6, 6.07) is 0. The highest BCUT2D eigenvalue weighted by atomic mass is 16.5. The minimum atomic E-state index is -0.506. The maximum absolute atomic E-state index is 9.59. The van der Waals surface area contributed by atoms with Gasteiger partial charge in [0.2, 0.25) is 0 Å². The molecule has 0 spiro atoms. The molecule has 0 bridgehead atoms. The van der Waals surface area contributed by atoms with Crippen LogP contribution in [0.3, 0.4) is 0 Å². The molecule has 2 N–H and O–H groups in total. The van der Waals surface area contributed by atoms with Gasteiger partial charge in [0, 0.05) is 20.2 Å². The molecule has 0 aromatic rings. The molecule has 0 amide bonds. The summed E-state index contributed by atoms with van der Waals surface area (Å²) >= 11 is 0. The number of rotatable bonds is 10. The Bertz CT molecular complexity index is 135. The summed E-state index contributed by atoms with van der Waals surface area (Å²) in [5.74, 6) is 0. The minimum absolute atomic E-state index is 0.116. The smallest absolute Gasteiger partial charge is 0.0900 e. The van der Waals surface area contributed by atoms with Gasteiger partial charge in [0.15, 0.2) is 0 Å². The predicted molar refractivity (Wildman–Crippen MR) is 57.9 cm³/mol. The van der Waals surface area contributed by atoms with E-state index in [1.54, 1.807) is 7.11 Å². The van der Waals surface area contributed by atoms with Crippen molar-refractivity contribution < 1.29 is 19.7 Å². The fourth-order valence-corrected chi connectivity index (χ4v) is 1.23. The van der Waals surface area contributed by atoms with E-state index in [9.17, 15) is 5.11 Å². The third kappa shape index (κ3) is 8.77. The van der Waals surface area contributed by atoms with Gasteiger partial charge in [-0.25, -0.2) is 0 Å². The first kappa shape index (κ1) is 14.8. The molecule has 0 saturated carbocycles. The summed E-state index contributed by atoms with van der Waals surface area (Å²) in [5, 5.41) is 18.3. The molecule has 0 aromatic carbocycles. The first-order valence-corrected chi connectivity index (χ1v) is 5.32. The van der Waals surface area contributed by atoms with Crippen molar-refractivity contribution in [2.75, 3.05) is 53.2 Å². The molecule has 0 aliphatic heterocycles. The van der Waals surface area contributed by atoms with Crippen LogP contribution in [-0.4, -0.2) is 74.4 Å². The average molecular weight is 221 g/mol. The first-order chi connectivity index (χ1) is 7.24. The monoisotopic (exact) mass is 221 g/mol. The lowest BCUT2D eigenvalue weighted by Crippen LogP contribution is -2.36. The van der Waals surface area contributed by atoms with Crippen molar-refractivity contribution in [3.63, 3.8) is 0 Å². The summed E-state index contributed by atoms with van der Waals surface area (Å²) in [6.07, 6.45) is -0.506. The van der Waals surface area contributed by atoms with Crippen LogP contribution in [0.15, 0.2) is 0 Å². The maximum Gasteiger partial charge on any atom is 0.0900 e. The van der Waals surface area contributed by atoms with E-state index in [1.165, 1.54) is 0 Å². The largest absolute Gasteiger partial charge is 0.395 e. The number of hydrogen-bond acceptors (Lipinski definition) is 5. The summed E-state index contributed by atoms with van der Waals surface area (Å²) < 4.78 is 10.0. The summed E-state index contributed by atoms with van der Waals surface area (Å²) in [7, 11) is 1.61. The first-order valence-electron chi connectivity index (χ1n) is 5.32. The van der Waals surface area contributed by atoms with E-state index in [0.717, 1.165) is 6.54 Å². The van der Waals surface area contributed by atoms with Crippen molar-refractivity contribution in [3.8, 4) is 0 Å². The Morgan fingerprint density at radius 1 is 1.33 bits per heavy atom. The van der Waals surface area contributed by atoms with Gasteiger partial charge in [-0.2, -0.15) is 0 Å². The van der Waals surface area contributed by atoms with E-state index in [0.29, 0.717) is 32.9 Å². The van der Waals surface area contributed by atoms with Crippen molar-refractivity contribution in [2.24, 2.45) is 0 Å². The molecule has 5 heteroatoms. The number of ether oxygens (including phenoxy) is 2. The van der Waals surface area contributed by atoms with Crippen LogP contribution >= 0.6 is 0 Å². The Labute approximate surface area is 91.6 Å². The van der Waals surface area contributed by atoms with Crippen molar-refractivity contribution >= 4 is 0 Å². The van der Waals surface area contributed by atoms with Crippen LogP contribution in [0.25, 0.3) is 0 Å². The van der Waals surface area contributed by atoms with Crippen LogP contribution in [0.2, 0.25) is 0 Å². The van der Waals surface area contributed by atoms with E-state index in [-0.39, 0.29) is 6.61 Å². The summed E-state index contributed by atoms with van der Waals surface area (Å²) in [5.41, 5.74) is 0. The van der Waals surface area contributed by atoms with Gasteiger partial charge in [0.1, 0.15) is 0 Å². The molecule has 5 nitrogen and oxygen atoms in total. The van der Waals surface area contributed by atoms with E-state index >= 15 is 0 Å². The quantitative estimate of drug-likeness (QED) is 0.479. The van der Waals surface area contributed by atoms with Crippen LogP contribution < -0.4 is 0 Å². The van der Waals surface area contributed by atoms with Crippen molar-refractivity contribution in [2.45, 2.75) is 13.0 Å². The van der Waals surface area contributed by atoms with Crippen molar-refractivity contribution in [1.82, 2.24) is 4.90 Å². The van der Waals surface area contributed by atoms with Crippen LogP contribution in [0, 0.1) is 0 Å². The molecule has 0 aliphatic rings. The molecule has 15 heavy (non-hydrogen) atoms. The summed E-state index contributed by atoms with van der Waals surface area (Å²) in [6.45, 7) is 5.40. The van der Waals surface area contributed by atoms with Crippen LogP contribution in [0.4, 0.5) is 0 Å². The standard InChI is InChI=1S/C10H23NO4/c1-3-11(4-5-12)8-10(13)9-15-7-6-14-2/h10,12-13H,3-9H2,1-2H3. The van der Waals surface area contributed by atoms with Gasteiger partial charge in [-0.15, -0.1) is 0 Å². The van der Waals surface area contributed by atoms with E-state index < -0.39 is 6.10 Å². The second kappa shape index (κ2) is 10.3. The average Bonchev–Trinajstić information content (AvgIpc) is 2.24. The van der Waals surface area contributed by atoms with Gasteiger partial charge in [-0.3, -0.25) is 4.90 Å². The highest BCUT2D eigenvalue weighted by Gasteiger charge is 2.09. The highest BCUT2D eigenvalue weighted by molar-refractivity contribution is 4.62. The zero-order valence-corrected chi connectivity index (χ0v) is 9.69. The number of likely N-dealkylation sites (N-methyl/N-ethyl adjacent to an activating group) is 1. The predicted octanol–water partition coefficient (Wildman–Crippen LogP) is -0.675. The fourth-order valence-electron chi connectivity index (χ4n) is 1.23.